The number of nitrogens with one attached hydrogen (secondary N) is 1. The van der Waals surface area contributed by atoms with Crippen LogP contribution in [0.3, 0.4) is 0 Å². The van der Waals surface area contributed by atoms with Gasteiger partial charge in [0, 0.05) is 6.07 Å². The van der Waals surface area contributed by atoms with Crippen LogP contribution in [0.1, 0.15) is 12.5 Å². The minimum absolute atomic E-state index is 0.0373. The first-order valence-corrected chi connectivity index (χ1v) is 10.5. The van der Waals surface area contributed by atoms with Crippen LogP contribution in [0.2, 0.25) is 0 Å². The van der Waals surface area contributed by atoms with E-state index in [0.717, 1.165) is 5.56 Å². The van der Waals surface area contributed by atoms with Crippen molar-refractivity contribution in [1.29, 1.82) is 0 Å². The van der Waals surface area contributed by atoms with Crippen LogP contribution in [0.25, 0.3) is 11.0 Å². The van der Waals surface area contributed by atoms with Gasteiger partial charge in [-0.1, -0.05) is 48.5 Å². The molecule has 172 valence electrons. The largest absolute Gasteiger partial charge is 0.460 e. The van der Waals surface area contributed by atoms with Crippen LogP contribution in [0.5, 0.6) is 17.2 Å². The molecule has 0 saturated carbocycles. The molecule has 1 atom stereocenters. The van der Waals surface area contributed by atoms with E-state index in [1.54, 1.807) is 24.3 Å². The Labute approximate surface area is 194 Å². The number of para-hydroxylation sites is 1. The molecule has 8 nitrogen and oxygen atoms in total. The highest BCUT2D eigenvalue weighted by Crippen LogP contribution is 2.24. The summed E-state index contributed by atoms with van der Waals surface area (Å²) < 4.78 is 21.5. The van der Waals surface area contributed by atoms with Crippen LogP contribution >= 0.6 is 0 Å². The number of carbonyl (C=O) groups excluding carboxylic acids is 2. The molecule has 0 aliphatic heterocycles. The van der Waals surface area contributed by atoms with Crippen molar-refractivity contribution >= 4 is 23.0 Å². The Balaban J connectivity index is 1.37. The Morgan fingerprint density at radius 1 is 0.941 bits per heavy atom. The Morgan fingerprint density at radius 3 is 2.38 bits per heavy atom. The maximum Gasteiger partial charge on any atom is 0.408 e. The summed E-state index contributed by atoms with van der Waals surface area (Å²) in [4.78, 5) is 37.0. The number of hydrogen-bond acceptors (Lipinski definition) is 7. The monoisotopic (exact) mass is 459 g/mol. The lowest BCUT2D eigenvalue weighted by atomic mass is 10.2. The third kappa shape index (κ3) is 5.60. The molecule has 0 spiro atoms. The minimum Gasteiger partial charge on any atom is -0.460 e. The second-order valence-corrected chi connectivity index (χ2v) is 7.35. The molecule has 1 amide bonds. The van der Waals surface area contributed by atoms with Gasteiger partial charge in [-0.3, -0.25) is 4.79 Å². The van der Waals surface area contributed by atoms with Gasteiger partial charge in [-0.25, -0.2) is 9.59 Å². The van der Waals surface area contributed by atoms with Crippen LogP contribution < -0.4 is 20.2 Å². The van der Waals surface area contributed by atoms with Gasteiger partial charge in [-0.15, -0.1) is 0 Å². The lowest BCUT2D eigenvalue weighted by Gasteiger charge is -2.13. The predicted molar refractivity (Wildman–Crippen MR) is 124 cm³/mol. The Morgan fingerprint density at radius 2 is 1.65 bits per heavy atom. The molecule has 3 aromatic carbocycles. The van der Waals surface area contributed by atoms with E-state index >= 15 is 0 Å². The molecule has 1 unspecified atom stereocenters. The van der Waals surface area contributed by atoms with E-state index < -0.39 is 18.1 Å². The van der Waals surface area contributed by atoms with Crippen molar-refractivity contribution in [3.8, 4) is 17.2 Å². The van der Waals surface area contributed by atoms with E-state index in [9.17, 15) is 14.4 Å². The maximum absolute atomic E-state index is 12.7. The molecule has 1 aromatic heterocycles. The molecule has 4 aromatic rings. The molecule has 0 saturated heterocycles. The molecule has 0 bridgehead atoms. The highest BCUT2D eigenvalue weighted by Gasteiger charge is 2.19. The SMILES string of the molecule is CC(NC(=O)OCc1ccccc1)C(=O)Oc1ccc2c(=O)c(Oc3ccccc3)coc2c1. The Kier molecular flexibility index (Phi) is 6.88. The number of rotatable bonds is 7. The summed E-state index contributed by atoms with van der Waals surface area (Å²) in [5.74, 6) is -0.00941. The molecule has 34 heavy (non-hydrogen) atoms. The predicted octanol–water partition coefficient (Wildman–Crippen LogP) is 4.81. The van der Waals surface area contributed by atoms with Gasteiger partial charge in [0.25, 0.3) is 0 Å². The minimum atomic E-state index is -0.965. The van der Waals surface area contributed by atoms with Crippen molar-refractivity contribution in [1.82, 2.24) is 5.32 Å². The summed E-state index contributed by atoms with van der Waals surface area (Å²) in [7, 11) is 0. The van der Waals surface area contributed by atoms with Crippen LogP contribution in [0.4, 0.5) is 4.79 Å². The number of hydrogen-bond donors (Lipinski definition) is 1. The van der Waals surface area contributed by atoms with Gasteiger partial charge in [0.15, 0.2) is 0 Å². The number of alkyl carbamates (subject to hydrolysis) is 1. The summed E-state index contributed by atoms with van der Waals surface area (Å²) in [5.41, 5.74) is 0.681. The second kappa shape index (κ2) is 10.4. The molecule has 0 aliphatic carbocycles. The summed E-state index contributed by atoms with van der Waals surface area (Å²) in [6, 6.07) is 21.4. The lowest BCUT2D eigenvalue weighted by molar-refractivity contribution is -0.136. The highest BCUT2D eigenvalue weighted by molar-refractivity contribution is 5.84. The molecule has 1 heterocycles. The molecule has 8 heteroatoms. The summed E-state index contributed by atoms with van der Waals surface area (Å²) in [6.07, 6.45) is 0.458. The summed E-state index contributed by atoms with van der Waals surface area (Å²) in [5, 5.41) is 2.69. The molecule has 0 aliphatic rings. The zero-order chi connectivity index (χ0) is 23.9. The third-order valence-electron chi connectivity index (χ3n) is 4.80. The van der Waals surface area contributed by atoms with Crippen molar-refractivity contribution in [2.75, 3.05) is 0 Å². The zero-order valence-corrected chi connectivity index (χ0v) is 18.2. The third-order valence-corrected chi connectivity index (χ3v) is 4.80. The Bertz CT molecular complexity index is 1350. The first-order valence-electron chi connectivity index (χ1n) is 10.5. The van der Waals surface area contributed by atoms with Gasteiger partial charge in [0.2, 0.25) is 11.2 Å². The average molecular weight is 459 g/mol. The van der Waals surface area contributed by atoms with Gasteiger partial charge >= 0.3 is 12.1 Å². The normalized spacial score (nSPS) is 11.4. The lowest BCUT2D eigenvalue weighted by Crippen LogP contribution is -2.41. The maximum atomic E-state index is 12.7. The van der Waals surface area contributed by atoms with E-state index in [2.05, 4.69) is 5.32 Å². The van der Waals surface area contributed by atoms with Crippen LogP contribution in [0, 0.1) is 0 Å². The van der Waals surface area contributed by atoms with E-state index in [-0.39, 0.29) is 34.5 Å². The standard InChI is InChI=1S/C26H21NO7/c1-17(27-26(30)32-15-18-8-4-2-5-9-18)25(29)34-20-12-13-21-22(14-20)31-16-23(24(21)28)33-19-10-6-3-7-11-19/h2-14,16-17H,15H2,1H3,(H,27,30). The van der Waals surface area contributed by atoms with Crippen LogP contribution in [-0.4, -0.2) is 18.1 Å². The molecule has 4 rings (SSSR count). The number of benzene rings is 3. The number of fused-ring (bicyclic) bond motifs is 1. The van der Waals surface area contributed by atoms with Crippen molar-refractivity contribution in [2.45, 2.75) is 19.6 Å². The van der Waals surface area contributed by atoms with Crippen LogP contribution in [-0.2, 0) is 16.1 Å². The van der Waals surface area contributed by atoms with E-state index in [0.29, 0.717) is 5.75 Å². The van der Waals surface area contributed by atoms with Crippen molar-refractivity contribution in [3.05, 3.63) is 101 Å². The van der Waals surface area contributed by atoms with Crippen molar-refractivity contribution < 1.29 is 28.2 Å². The first kappa shape index (κ1) is 22.6. The fraction of sp³-hybridized carbons (Fsp3) is 0.115. The fourth-order valence-electron chi connectivity index (χ4n) is 3.05. The van der Waals surface area contributed by atoms with Gasteiger partial charge in [-0.05, 0) is 36.8 Å². The van der Waals surface area contributed by atoms with Gasteiger partial charge < -0.3 is 23.9 Å². The quantitative estimate of drug-likeness (QED) is 0.313. The highest BCUT2D eigenvalue weighted by atomic mass is 16.6. The fourth-order valence-corrected chi connectivity index (χ4v) is 3.05. The topological polar surface area (TPSA) is 104 Å². The first-order chi connectivity index (χ1) is 16.5. The van der Waals surface area contributed by atoms with Crippen LogP contribution in [0.15, 0.2) is 94.3 Å². The van der Waals surface area contributed by atoms with Gasteiger partial charge in [0.05, 0.1) is 5.39 Å². The molecule has 1 N–H and O–H groups in total. The number of esters is 1. The van der Waals surface area contributed by atoms with Gasteiger partial charge in [-0.2, -0.15) is 0 Å². The molecular weight excluding hydrogens is 438 g/mol. The van der Waals surface area contributed by atoms with E-state index in [4.69, 9.17) is 18.6 Å². The second-order valence-electron chi connectivity index (χ2n) is 7.35. The summed E-state index contributed by atoms with van der Waals surface area (Å²) in [6.45, 7) is 1.55. The van der Waals surface area contributed by atoms with Gasteiger partial charge in [0.1, 0.15) is 36.0 Å². The van der Waals surface area contributed by atoms with Crippen molar-refractivity contribution in [2.24, 2.45) is 0 Å². The van der Waals surface area contributed by atoms with E-state index in [1.807, 2.05) is 36.4 Å². The molecule has 0 fully saturated rings. The molecule has 0 radical (unpaired) electrons. The Hall–Kier alpha value is -4.59. The number of ether oxygens (including phenoxy) is 3. The van der Waals surface area contributed by atoms with E-state index in [1.165, 1.54) is 31.4 Å². The number of carbonyl (C=O) groups is 2. The zero-order valence-electron chi connectivity index (χ0n) is 18.2. The smallest absolute Gasteiger partial charge is 0.408 e. The number of amides is 1. The molecular formula is C26H21NO7. The average Bonchev–Trinajstić information content (AvgIpc) is 2.86. The van der Waals surface area contributed by atoms with Crippen molar-refractivity contribution in [3.63, 3.8) is 0 Å². The summed E-state index contributed by atoms with van der Waals surface area (Å²) >= 11 is 0.